The summed E-state index contributed by atoms with van der Waals surface area (Å²) in [5.74, 6) is 0.418. The van der Waals surface area contributed by atoms with E-state index in [4.69, 9.17) is 5.26 Å². The van der Waals surface area contributed by atoms with Crippen LogP contribution in [0.1, 0.15) is 30.9 Å². The second kappa shape index (κ2) is 3.11. The predicted molar refractivity (Wildman–Crippen MR) is 51.8 cm³/mol. The first kappa shape index (κ1) is 8.70. The fourth-order valence-electron chi connectivity index (χ4n) is 1.27. The summed E-state index contributed by atoms with van der Waals surface area (Å²) in [6.45, 7) is 4.19. The number of nitriles is 1. The van der Waals surface area contributed by atoms with Gasteiger partial charge in [0, 0.05) is 12.4 Å². The van der Waals surface area contributed by atoms with Crippen LogP contribution < -0.4 is 0 Å². The summed E-state index contributed by atoms with van der Waals surface area (Å²) in [6, 6.07) is 2.05. The fourth-order valence-corrected chi connectivity index (χ4v) is 1.27. The minimum atomic E-state index is 0.418. The van der Waals surface area contributed by atoms with E-state index in [2.05, 4.69) is 30.0 Å². The molecule has 4 nitrogen and oxygen atoms in total. The topological polar surface area (TPSA) is 54.0 Å². The molecule has 0 aliphatic heterocycles. The standard InChI is InChI=1S/C10H10N4/c1-7(2)9-4-12-10-8(3-11)5-13-14(10)6-9/h4-7H,1-2H3. The molecule has 0 saturated heterocycles. The fraction of sp³-hybridized carbons (Fsp3) is 0.300. The van der Waals surface area contributed by atoms with Gasteiger partial charge in [-0.1, -0.05) is 13.8 Å². The first-order valence-electron chi connectivity index (χ1n) is 4.45. The Hall–Kier alpha value is -1.89. The van der Waals surface area contributed by atoms with Gasteiger partial charge in [-0.3, -0.25) is 0 Å². The third-order valence-electron chi connectivity index (χ3n) is 2.16. The molecule has 0 radical (unpaired) electrons. The van der Waals surface area contributed by atoms with Gasteiger partial charge >= 0.3 is 0 Å². The molecule has 0 aliphatic carbocycles. The highest BCUT2D eigenvalue weighted by Crippen LogP contribution is 2.14. The van der Waals surface area contributed by atoms with Crippen molar-refractivity contribution in [2.45, 2.75) is 19.8 Å². The summed E-state index contributed by atoms with van der Waals surface area (Å²) in [6.07, 6.45) is 5.24. The minimum absolute atomic E-state index is 0.418. The monoisotopic (exact) mass is 186 g/mol. The molecule has 14 heavy (non-hydrogen) atoms. The maximum absolute atomic E-state index is 8.76. The zero-order valence-electron chi connectivity index (χ0n) is 8.10. The Morgan fingerprint density at radius 2 is 2.21 bits per heavy atom. The van der Waals surface area contributed by atoms with Crippen molar-refractivity contribution in [2.24, 2.45) is 0 Å². The van der Waals surface area contributed by atoms with Gasteiger partial charge < -0.3 is 0 Å². The number of nitrogens with zero attached hydrogens (tertiary/aromatic N) is 4. The molecule has 0 aromatic carbocycles. The second-order valence-corrected chi connectivity index (χ2v) is 3.48. The molecule has 0 unspecified atom stereocenters. The first-order chi connectivity index (χ1) is 6.72. The van der Waals surface area contributed by atoms with Crippen LogP contribution in [-0.4, -0.2) is 14.6 Å². The summed E-state index contributed by atoms with van der Waals surface area (Å²) < 4.78 is 1.65. The van der Waals surface area contributed by atoms with Crippen molar-refractivity contribution in [1.29, 1.82) is 5.26 Å². The SMILES string of the molecule is CC(C)c1cnc2c(C#N)cnn2c1. The average molecular weight is 186 g/mol. The van der Waals surface area contributed by atoms with E-state index in [0.29, 0.717) is 17.1 Å². The van der Waals surface area contributed by atoms with E-state index in [-0.39, 0.29) is 0 Å². The summed E-state index contributed by atoms with van der Waals surface area (Å²) in [7, 11) is 0. The van der Waals surface area contributed by atoms with Crippen LogP contribution in [0.5, 0.6) is 0 Å². The Morgan fingerprint density at radius 3 is 2.86 bits per heavy atom. The molecule has 2 heterocycles. The minimum Gasteiger partial charge on any atom is -0.236 e. The lowest BCUT2D eigenvalue weighted by Gasteiger charge is -2.03. The van der Waals surface area contributed by atoms with E-state index in [1.54, 1.807) is 10.7 Å². The Labute approximate surface area is 81.8 Å². The van der Waals surface area contributed by atoms with Crippen LogP contribution in [0.2, 0.25) is 0 Å². The van der Waals surface area contributed by atoms with Gasteiger partial charge in [-0.15, -0.1) is 0 Å². The smallest absolute Gasteiger partial charge is 0.172 e. The number of aromatic nitrogens is 3. The Morgan fingerprint density at radius 1 is 1.43 bits per heavy atom. The normalized spacial score (nSPS) is 10.7. The van der Waals surface area contributed by atoms with Crippen LogP contribution in [0.25, 0.3) is 5.65 Å². The van der Waals surface area contributed by atoms with Crippen LogP contribution in [0.3, 0.4) is 0 Å². The largest absolute Gasteiger partial charge is 0.236 e. The van der Waals surface area contributed by atoms with E-state index in [1.165, 1.54) is 6.20 Å². The molecule has 0 fully saturated rings. The van der Waals surface area contributed by atoms with Gasteiger partial charge in [0.15, 0.2) is 5.65 Å². The van der Waals surface area contributed by atoms with E-state index < -0.39 is 0 Å². The van der Waals surface area contributed by atoms with Crippen molar-refractivity contribution in [2.75, 3.05) is 0 Å². The van der Waals surface area contributed by atoms with Gasteiger partial charge in [-0.2, -0.15) is 10.4 Å². The molecule has 4 heteroatoms. The molecule has 0 atom stereocenters. The quantitative estimate of drug-likeness (QED) is 0.681. The van der Waals surface area contributed by atoms with E-state index in [9.17, 15) is 0 Å². The van der Waals surface area contributed by atoms with Crippen molar-refractivity contribution in [1.82, 2.24) is 14.6 Å². The van der Waals surface area contributed by atoms with Gasteiger partial charge in [0.1, 0.15) is 11.6 Å². The Kier molecular flexibility index (Phi) is 1.93. The summed E-state index contributed by atoms with van der Waals surface area (Å²) in [4.78, 5) is 4.21. The van der Waals surface area contributed by atoms with Crippen LogP contribution in [0.15, 0.2) is 18.6 Å². The van der Waals surface area contributed by atoms with Crippen LogP contribution in [0.4, 0.5) is 0 Å². The maximum Gasteiger partial charge on any atom is 0.172 e. The number of hydrogen-bond acceptors (Lipinski definition) is 3. The average Bonchev–Trinajstić information content (AvgIpc) is 2.59. The van der Waals surface area contributed by atoms with Gasteiger partial charge in [0.05, 0.1) is 6.20 Å². The van der Waals surface area contributed by atoms with Crippen molar-refractivity contribution in [3.05, 3.63) is 29.7 Å². The molecule has 0 bridgehead atoms. The van der Waals surface area contributed by atoms with E-state index in [0.717, 1.165) is 5.56 Å². The molecule has 0 N–H and O–H groups in total. The number of hydrogen-bond donors (Lipinski definition) is 0. The van der Waals surface area contributed by atoms with Gasteiger partial charge in [-0.25, -0.2) is 9.50 Å². The molecular weight excluding hydrogens is 176 g/mol. The zero-order chi connectivity index (χ0) is 10.1. The van der Waals surface area contributed by atoms with Gasteiger partial charge in [-0.05, 0) is 11.5 Å². The zero-order valence-corrected chi connectivity index (χ0v) is 8.10. The molecule has 70 valence electrons. The molecule has 2 aromatic heterocycles. The predicted octanol–water partition coefficient (Wildman–Crippen LogP) is 1.72. The highest BCUT2D eigenvalue weighted by molar-refractivity contribution is 5.53. The molecule has 2 aromatic rings. The third-order valence-corrected chi connectivity index (χ3v) is 2.16. The molecular formula is C10H10N4. The third kappa shape index (κ3) is 1.23. The summed E-state index contributed by atoms with van der Waals surface area (Å²) in [5.41, 5.74) is 2.25. The highest BCUT2D eigenvalue weighted by atomic mass is 15.2. The van der Waals surface area contributed by atoms with E-state index in [1.807, 2.05) is 6.20 Å². The van der Waals surface area contributed by atoms with Crippen molar-refractivity contribution in [3.63, 3.8) is 0 Å². The van der Waals surface area contributed by atoms with E-state index >= 15 is 0 Å². The number of fused-ring (bicyclic) bond motifs is 1. The van der Waals surface area contributed by atoms with Crippen molar-refractivity contribution in [3.8, 4) is 6.07 Å². The van der Waals surface area contributed by atoms with Crippen molar-refractivity contribution >= 4 is 5.65 Å². The van der Waals surface area contributed by atoms with Gasteiger partial charge in [0.2, 0.25) is 0 Å². The molecule has 0 amide bonds. The first-order valence-corrected chi connectivity index (χ1v) is 4.45. The lowest BCUT2D eigenvalue weighted by Crippen LogP contribution is -1.96. The van der Waals surface area contributed by atoms with Crippen LogP contribution in [0, 0.1) is 11.3 Å². The molecule has 2 rings (SSSR count). The lowest BCUT2D eigenvalue weighted by molar-refractivity contribution is 0.821. The number of rotatable bonds is 1. The Bertz CT molecular complexity index is 504. The molecule has 0 saturated carbocycles. The molecule has 0 spiro atoms. The summed E-state index contributed by atoms with van der Waals surface area (Å²) in [5, 5.41) is 12.8. The molecule has 0 aliphatic rings. The van der Waals surface area contributed by atoms with Gasteiger partial charge in [0.25, 0.3) is 0 Å². The highest BCUT2D eigenvalue weighted by Gasteiger charge is 2.06. The second-order valence-electron chi connectivity index (χ2n) is 3.48. The summed E-state index contributed by atoms with van der Waals surface area (Å²) >= 11 is 0. The lowest BCUT2D eigenvalue weighted by atomic mass is 10.1. The maximum atomic E-state index is 8.76. The van der Waals surface area contributed by atoms with Crippen molar-refractivity contribution < 1.29 is 0 Å². The van der Waals surface area contributed by atoms with Crippen LogP contribution in [-0.2, 0) is 0 Å². The Balaban J connectivity index is 2.64. The van der Waals surface area contributed by atoms with Crippen LogP contribution >= 0.6 is 0 Å².